The van der Waals surface area contributed by atoms with Gasteiger partial charge in [-0.2, -0.15) is 0 Å². The average molecular weight is 320 g/mol. The van der Waals surface area contributed by atoms with Gasteiger partial charge in [0, 0.05) is 23.4 Å². The Balaban J connectivity index is 2.08. The molecular formula is C11H14BrNO3S. The summed E-state index contributed by atoms with van der Waals surface area (Å²) in [6, 6.07) is 7.09. The molecule has 1 aromatic carbocycles. The zero-order valence-corrected chi connectivity index (χ0v) is 11.6. The molecule has 2 rings (SSSR count). The average Bonchev–Trinajstić information content (AvgIpc) is 2.33. The molecule has 0 aliphatic carbocycles. The van der Waals surface area contributed by atoms with E-state index < -0.39 is 10.0 Å². The van der Waals surface area contributed by atoms with Crippen LogP contribution in [0.3, 0.4) is 0 Å². The third kappa shape index (κ3) is 3.43. The number of hydrogen-bond acceptors (Lipinski definition) is 3. The summed E-state index contributed by atoms with van der Waals surface area (Å²) in [6.45, 7) is 1.04. The predicted octanol–water partition coefficient (Wildman–Crippen LogP) is 2.37. The van der Waals surface area contributed by atoms with Crippen LogP contribution in [0, 0.1) is 0 Å². The number of hydrogen-bond donors (Lipinski definition) is 1. The number of sulfonamides is 1. The number of benzene rings is 1. The third-order valence-electron chi connectivity index (χ3n) is 2.71. The quantitative estimate of drug-likeness (QED) is 0.930. The van der Waals surface area contributed by atoms with Gasteiger partial charge < -0.3 is 4.74 Å². The molecule has 0 aromatic heterocycles. The van der Waals surface area contributed by atoms with Crippen molar-refractivity contribution in [1.82, 2.24) is 0 Å². The van der Waals surface area contributed by atoms with Crippen LogP contribution in [0.5, 0.6) is 0 Å². The molecule has 0 saturated carbocycles. The lowest BCUT2D eigenvalue weighted by Gasteiger charge is -2.22. The first-order valence-corrected chi connectivity index (χ1v) is 7.77. The number of ether oxygens (including phenoxy) is 1. The number of halogens is 1. The van der Waals surface area contributed by atoms with E-state index in [1.165, 1.54) is 0 Å². The molecule has 4 nitrogen and oxygen atoms in total. The number of anilines is 1. The molecule has 0 bridgehead atoms. The lowest BCUT2D eigenvalue weighted by molar-refractivity contribution is 0.0984. The van der Waals surface area contributed by atoms with Gasteiger partial charge in [-0.3, -0.25) is 4.72 Å². The van der Waals surface area contributed by atoms with Crippen LogP contribution in [0.25, 0.3) is 0 Å². The van der Waals surface area contributed by atoms with Crippen molar-refractivity contribution in [2.24, 2.45) is 0 Å². The Morgan fingerprint density at radius 1 is 1.18 bits per heavy atom. The summed E-state index contributed by atoms with van der Waals surface area (Å²) in [4.78, 5) is 0. The molecule has 1 heterocycles. The Hall–Kier alpha value is -0.590. The van der Waals surface area contributed by atoms with Crippen LogP contribution in [0.2, 0.25) is 0 Å². The van der Waals surface area contributed by atoms with Gasteiger partial charge in [0.25, 0.3) is 0 Å². The molecule has 1 saturated heterocycles. The van der Waals surface area contributed by atoms with Crippen molar-refractivity contribution in [3.05, 3.63) is 28.7 Å². The van der Waals surface area contributed by atoms with Gasteiger partial charge in [-0.1, -0.05) is 15.9 Å². The first kappa shape index (κ1) is 12.9. The molecule has 1 aromatic rings. The number of rotatable bonds is 3. The predicted molar refractivity (Wildman–Crippen MR) is 70.5 cm³/mol. The summed E-state index contributed by atoms with van der Waals surface area (Å²) < 4.78 is 32.8. The van der Waals surface area contributed by atoms with Crippen LogP contribution in [0.15, 0.2) is 28.7 Å². The van der Waals surface area contributed by atoms with Crippen molar-refractivity contribution < 1.29 is 13.2 Å². The molecule has 17 heavy (non-hydrogen) atoms. The van der Waals surface area contributed by atoms with E-state index in [4.69, 9.17) is 4.74 Å². The Kier molecular flexibility index (Phi) is 4.06. The van der Waals surface area contributed by atoms with Crippen LogP contribution in [-0.4, -0.2) is 26.9 Å². The highest BCUT2D eigenvalue weighted by Crippen LogP contribution is 2.20. The van der Waals surface area contributed by atoms with Crippen LogP contribution in [0.4, 0.5) is 5.69 Å². The second-order valence-electron chi connectivity index (χ2n) is 3.97. The fourth-order valence-electron chi connectivity index (χ4n) is 1.75. The van der Waals surface area contributed by atoms with Crippen LogP contribution < -0.4 is 4.72 Å². The molecule has 0 amide bonds. The summed E-state index contributed by atoms with van der Waals surface area (Å²) >= 11 is 3.31. The van der Waals surface area contributed by atoms with Crippen LogP contribution >= 0.6 is 15.9 Å². The first-order chi connectivity index (χ1) is 8.08. The van der Waals surface area contributed by atoms with E-state index in [9.17, 15) is 8.42 Å². The molecule has 94 valence electrons. The fourth-order valence-corrected chi connectivity index (χ4v) is 3.46. The highest BCUT2D eigenvalue weighted by molar-refractivity contribution is 9.10. The Labute approximate surface area is 110 Å². The molecule has 0 unspecified atom stereocenters. The van der Waals surface area contributed by atoms with Gasteiger partial charge in [0.1, 0.15) is 0 Å². The SMILES string of the molecule is O=S(=O)(Nc1ccc(Br)cc1)C1CCOCC1. The Bertz CT molecular complexity index is 466. The van der Waals surface area contributed by atoms with Gasteiger partial charge in [0.2, 0.25) is 10.0 Å². The van der Waals surface area contributed by atoms with Gasteiger partial charge in [0.15, 0.2) is 0 Å². The maximum atomic E-state index is 12.1. The zero-order valence-electron chi connectivity index (χ0n) is 9.23. The molecule has 1 fully saturated rings. The largest absolute Gasteiger partial charge is 0.381 e. The monoisotopic (exact) mass is 319 g/mol. The molecule has 0 atom stereocenters. The van der Waals surface area contributed by atoms with E-state index in [2.05, 4.69) is 20.7 Å². The standard InChI is InChI=1S/C11H14BrNO3S/c12-9-1-3-10(4-2-9)13-17(14,15)11-5-7-16-8-6-11/h1-4,11,13H,5-8H2. The molecule has 1 aliphatic heterocycles. The molecule has 1 N–H and O–H groups in total. The fraction of sp³-hybridized carbons (Fsp3) is 0.455. The van der Waals surface area contributed by atoms with E-state index in [1.807, 2.05) is 12.1 Å². The third-order valence-corrected chi connectivity index (χ3v) is 5.11. The lowest BCUT2D eigenvalue weighted by atomic mass is 10.2. The first-order valence-electron chi connectivity index (χ1n) is 5.43. The summed E-state index contributed by atoms with van der Waals surface area (Å²) in [5.74, 6) is 0. The van der Waals surface area contributed by atoms with Crippen LogP contribution in [0.1, 0.15) is 12.8 Å². The minimum absolute atomic E-state index is 0.347. The van der Waals surface area contributed by atoms with E-state index in [0.717, 1.165) is 4.47 Å². The highest BCUT2D eigenvalue weighted by Gasteiger charge is 2.27. The summed E-state index contributed by atoms with van der Waals surface area (Å²) in [6.07, 6.45) is 1.12. The maximum Gasteiger partial charge on any atom is 0.235 e. The summed E-state index contributed by atoms with van der Waals surface area (Å²) in [5, 5.41) is -0.347. The van der Waals surface area contributed by atoms with E-state index >= 15 is 0 Å². The smallest absolute Gasteiger partial charge is 0.235 e. The van der Waals surface area contributed by atoms with E-state index in [0.29, 0.717) is 31.7 Å². The minimum atomic E-state index is -3.29. The molecule has 6 heteroatoms. The Morgan fingerprint density at radius 2 is 1.76 bits per heavy atom. The van der Waals surface area contributed by atoms with Crippen molar-refractivity contribution in [3.63, 3.8) is 0 Å². The van der Waals surface area contributed by atoms with E-state index in [1.54, 1.807) is 12.1 Å². The van der Waals surface area contributed by atoms with Crippen molar-refractivity contribution in [2.75, 3.05) is 17.9 Å². The van der Waals surface area contributed by atoms with Crippen molar-refractivity contribution in [1.29, 1.82) is 0 Å². The highest BCUT2D eigenvalue weighted by atomic mass is 79.9. The number of nitrogens with one attached hydrogen (secondary N) is 1. The molecule has 0 spiro atoms. The van der Waals surface area contributed by atoms with Crippen LogP contribution in [-0.2, 0) is 14.8 Å². The lowest BCUT2D eigenvalue weighted by Crippen LogP contribution is -2.33. The van der Waals surface area contributed by atoms with Gasteiger partial charge in [-0.15, -0.1) is 0 Å². The van der Waals surface area contributed by atoms with Crippen molar-refractivity contribution >= 4 is 31.6 Å². The Morgan fingerprint density at radius 3 is 2.35 bits per heavy atom. The minimum Gasteiger partial charge on any atom is -0.381 e. The summed E-state index contributed by atoms with van der Waals surface area (Å²) in [7, 11) is -3.29. The van der Waals surface area contributed by atoms with Gasteiger partial charge in [0.05, 0.1) is 5.25 Å². The maximum absolute atomic E-state index is 12.1. The van der Waals surface area contributed by atoms with Gasteiger partial charge >= 0.3 is 0 Å². The van der Waals surface area contributed by atoms with E-state index in [-0.39, 0.29) is 5.25 Å². The topological polar surface area (TPSA) is 55.4 Å². The van der Waals surface area contributed by atoms with Crippen molar-refractivity contribution in [3.8, 4) is 0 Å². The molecular weight excluding hydrogens is 306 g/mol. The molecule has 1 aliphatic rings. The second-order valence-corrected chi connectivity index (χ2v) is 6.84. The zero-order chi connectivity index (χ0) is 12.3. The second kappa shape index (κ2) is 5.37. The van der Waals surface area contributed by atoms with Gasteiger partial charge in [-0.25, -0.2) is 8.42 Å². The van der Waals surface area contributed by atoms with Crippen molar-refractivity contribution in [2.45, 2.75) is 18.1 Å². The van der Waals surface area contributed by atoms with Gasteiger partial charge in [-0.05, 0) is 37.1 Å². The summed E-state index contributed by atoms with van der Waals surface area (Å²) in [5.41, 5.74) is 0.597. The normalized spacial score (nSPS) is 17.9. The molecule has 0 radical (unpaired) electrons.